The maximum atomic E-state index is 12.7. The first kappa shape index (κ1) is 22.9. The SMILES string of the molecule is CN(C)CC1CC2(CCN(C(=O)Cn3cnc4ccsc4c3=O)CC2)C(=O)O1.O=CO. The van der Waals surface area contributed by atoms with Gasteiger partial charge in [0.1, 0.15) is 17.3 Å². The monoisotopic (exact) mass is 450 g/mol. The van der Waals surface area contributed by atoms with Gasteiger partial charge in [0.2, 0.25) is 5.91 Å². The van der Waals surface area contributed by atoms with Crippen LogP contribution < -0.4 is 5.56 Å². The van der Waals surface area contributed by atoms with E-state index >= 15 is 0 Å². The fraction of sp³-hybridized carbons (Fsp3) is 0.550. The summed E-state index contributed by atoms with van der Waals surface area (Å²) in [5.41, 5.74) is 0.00417. The molecule has 4 heterocycles. The molecule has 1 amide bonds. The number of likely N-dealkylation sites (tertiary alicyclic amines) is 1. The number of fused-ring (bicyclic) bond motifs is 1. The minimum absolute atomic E-state index is 0.0274. The Hall–Kier alpha value is -2.79. The lowest BCUT2D eigenvalue weighted by molar-refractivity contribution is -0.152. The van der Waals surface area contributed by atoms with Gasteiger partial charge in [-0.2, -0.15) is 0 Å². The number of carbonyl (C=O) groups excluding carboxylic acids is 2. The maximum absolute atomic E-state index is 12.7. The van der Waals surface area contributed by atoms with E-state index in [-0.39, 0.29) is 36.6 Å². The lowest BCUT2D eigenvalue weighted by Gasteiger charge is -2.36. The van der Waals surface area contributed by atoms with Crippen molar-refractivity contribution in [3.8, 4) is 0 Å². The number of aromatic nitrogens is 2. The van der Waals surface area contributed by atoms with E-state index in [1.165, 1.54) is 22.2 Å². The number of piperidine rings is 1. The van der Waals surface area contributed by atoms with Crippen LogP contribution in [0.4, 0.5) is 0 Å². The number of likely N-dealkylation sites (N-methyl/N-ethyl adjacent to an activating group) is 1. The van der Waals surface area contributed by atoms with Gasteiger partial charge in [-0.3, -0.25) is 23.7 Å². The molecule has 0 radical (unpaired) electrons. The summed E-state index contributed by atoms with van der Waals surface area (Å²) in [6, 6.07) is 1.79. The Morgan fingerprint density at radius 1 is 1.39 bits per heavy atom. The molecule has 168 valence electrons. The van der Waals surface area contributed by atoms with Crippen LogP contribution in [0, 0.1) is 5.41 Å². The molecule has 1 spiro atoms. The summed E-state index contributed by atoms with van der Waals surface area (Å²) >= 11 is 1.33. The normalized spacial score (nSPS) is 19.9. The average molecular weight is 451 g/mol. The van der Waals surface area contributed by atoms with E-state index in [0.717, 1.165) is 6.54 Å². The highest BCUT2D eigenvalue weighted by Crippen LogP contribution is 2.43. The highest BCUT2D eigenvalue weighted by molar-refractivity contribution is 7.17. The molecule has 11 heteroatoms. The highest BCUT2D eigenvalue weighted by atomic mass is 32.1. The summed E-state index contributed by atoms with van der Waals surface area (Å²) in [5, 5.41) is 8.71. The molecule has 0 aromatic carbocycles. The predicted octanol–water partition coefficient (Wildman–Crippen LogP) is 0.645. The third kappa shape index (κ3) is 4.93. The molecule has 2 aromatic rings. The van der Waals surface area contributed by atoms with Crippen LogP contribution in [-0.2, 0) is 25.7 Å². The molecule has 1 atom stereocenters. The van der Waals surface area contributed by atoms with Crippen LogP contribution in [-0.4, -0.2) is 82.6 Å². The van der Waals surface area contributed by atoms with Gasteiger partial charge in [-0.1, -0.05) is 0 Å². The zero-order valence-electron chi connectivity index (χ0n) is 17.5. The van der Waals surface area contributed by atoms with Crippen LogP contribution in [0.5, 0.6) is 0 Å². The lowest BCUT2D eigenvalue weighted by atomic mass is 9.76. The first-order chi connectivity index (χ1) is 14.8. The van der Waals surface area contributed by atoms with E-state index in [2.05, 4.69) is 4.98 Å². The molecule has 10 nitrogen and oxygen atoms in total. The van der Waals surface area contributed by atoms with Gasteiger partial charge >= 0.3 is 5.97 Å². The second-order valence-corrected chi connectivity index (χ2v) is 8.99. The lowest BCUT2D eigenvalue weighted by Crippen LogP contribution is -2.46. The van der Waals surface area contributed by atoms with Gasteiger partial charge in [0.05, 0.1) is 17.3 Å². The summed E-state index contributed by atoms with van der Waals surface area (Å²) in [5.74, 6) is -0.249. The maximum Gasteiger partial charge on any atom is 0.312 e. The number of cyclic esters (lactones) is 1. The van der Waals surface area contributed by atoms with Gasteiger partial charge in [0.15, 0.2) is 0 Å². The third-order valence-electron chi connectivity index (χ3n) is 5.71. The second kappa shape index (κ2) is 9.56. The van der Waals surface area contributed by atoms with Crippen molar-refractivity contribution >= 4 is 39.9 Å². The van der Waals surface area contributed by atoms with Crippen LogP contribution in [0.1, 0.15) is 19.3 Å². The van der Waals surface area contributed by atoms with Crippen molar-refractivity contribution in [1.29, 1.82) is 0 Å². The quantitative estimate of drug-likeness (QED) is 0.532. The summed E-state index contributed by atoms with van der Waals surface area (Å²) < 4.78 is 7.50. The van der Waals surface area contributed by atoms with Crippen molar-refractivity contribution in [3.05, 3.63) is 28.1 Å². The Bertz CT molecular complexity index is 1010. The standard InChI is InChI=1S/C19H24N4O4S.CH2O2/c1-21(2)10-13-9-19(18(26)27-13)4-6-22(7-5-19)15(24)11-23-12-20-14-3-8-28-16(14)17(23)25;2-1-3/h3,8,12-13H,4-7,9-11H2,1-2H3;1H,(H,2,3). The van der Waals surface area contributed by atoms with Crippen LogP contribution in [0.2, 0.25) is 0 Å². The number of esters is 1. The van der Waals surface area contributed by atoms with Crippen molar-refractivity contribution in [3.63, 3.8) is 0 Å². The van der Waals surface area contributed by atoms with Gasteiger partial charge in [0, 0.05) is 26.1 Å². The van der Waals surface area contributed by atoms with E-state index in [0.29, 0.717) is 42.6 Å². The molecular formula is C20H26N4O6S. The number of hydrogen-bond donors (Lipinski definition) is 1. The predicted molar refractivity (Wildman–Crippen MR) is 114 cm³/mol. The molecule has 1 N–H and O–H groups in total. The molecule has 2 aromatic heterocycles. The Labute approximate surface area is 183 Å². The molecule has 4 rings (SSSR count). The zero-order chi connectivity index (χ0) is 22.6. The summed E-state index contributed by atoms with van der Waals surface area (Å²) in [4.78, 5) is 54.0. The fourth-order valence-corrected chi connectivity index (χ4v) is 4.97. The number of nitrogens with zero attached hydrogens (tertiary/aromatic N) is 4. The Morgan fingerprint density at radius 2 is 2.06 bits per heavy atom. The number of thiophene rings is 1. The number of carboxylic acid groups (broad SMARTS) is 1. The van der Waals surface area contributed by atoms with Crippen molar-refractivity contribution < 1.29 is 24.2 Å². The molecule has 0 saturated carbocycles. The molecule has 0 aliphatic carbocycles. The van der Waals surface area contributed by atoms with E-state index < -0.39 is 5.41 Å². The minimum Gasteiger partial charge on any atom is -0.483 e. The summed E-state index contributed by atoms with van der Waals surface area (Å²) in [6.07, 6.45) is 3.29. The second-order valence-electron chi connectivity index (χ2n) is 8.07. The Morgan fingerprint density at radius 3 is 2.71 bits per heavy atom. The summed E-state index contributed by atoms with van der Waals surface area (Å²) in [7, 11) is 3.93. The molecule has 2 aliphatic heterocycles. The average Bonchev–Trinajstić information content (AvgIpc) is 3.30. The van der Waals surface area contributed by atoms with Crippen LogP contribution in [0.3, 0.4) is 0 Å². The molecule has 0 bridgehead atoms. The highest BCUT2D eigenvalue weighted by Gasteiger charge is 2.50. The first-order valence-corrected chi connectivity index (χ1v) is 10.8. The van der Waals surface area contributed by atoms with Crippen LogP contribution in [0.25, 0.3) is 10.2 Å². The van der Waals surface area contributed by atoms with Gasteiger partial charge in [-0.05, 0) is 38.4 Å². The van der Waals surface area contributed by atoms with Crippen LogP contribution in [0.15, 0.2) is 22.6 Å². The number of carbonyl (C=O) groups is 3. The van der Waals surface area contributed by atoms with Crippen molar-refractivity contribution in [2.45, 2.75) is 31.9 Å². The van der Waals surface area contributed by atoms with Crippen molar-refractivity contribution in [2.75, 3.05) is 33.7 Å². The molecule has 31 heavy (non-hydrogen) atoms. The smallest absolute Gasteiger partial charge is 0.312 e. The molecule has 1 unspecified atom stereocenters. The van der Waals surface area contributed by atoms with E-state index in [4.69, 9.17) is 14.6 Å². The number of ether oxygens (including phenoxy) is 1. The minimum atomic E-state index is -0.467. The Kier molecular flexibility index (Phi) is 7.06. The van der Waals surface area contributed by atoms with Gasteiger partial charge in [-0.25, -0.2) is 4.98 Å². The first-order valence-electron chi connectivity index (χ1n) is 9.94. The number of hydrogen-bond acceptors (Lipinski definition) is 8. The number of amides is 1. The molecule has 2 aliphatic rings. The van der Waals surface area contributed by atoms with Gasteiger partial charge in [0.25, 0.3) is 12.0 Å². The van der Waals surface area contributed by atoms with Crippen LogP contribution >= 0.6 is 11.3 Å². The number of rotatable bonds is 4. The Balaban J connectivity index is 0.000000858. The molecule has 2 saturated heterocycles. The van der Waals surface area contributed by atoms with E-state index in [9.17, 15) is 14.4 Å². The van der Waals surface area contributed by atoms with Crippen molar-refractivity contribution in [1.82, 2.24) is 19.4 Å². The van der Waals surface area contributed by atoms with E-state index in [1.807, 2.05) is 24.4 Å². The van der Waals surface area contributed by atoms with Gasteiger partial charge < -0.3 is 19.6 Å². The molecular weight excluding hydrogens is 424 g/mol. The molecule has 2 fully saturated rings. The largest absolute Gasteiger partial charge is 0.483 e. The third-order valence-corrected chi connectivity index (χ3v) is 6.60. The van der Waals surface area contributed by atoms with Gasteiger partial charge in [-0.15, -0.1) is 11.3 Å². The zero-order valence-corrected chi connectivity index (χ0v) is 18.3. The fourth-order valence-electron chi connectivity index (χ4n) is 4.18. The van der Waals surface area contributed by atoms with E-state index in [1.54, 1.807) is 11.0 Å². The summed E-state index contributed by atoms with van der Waals surface area (Å²) in [6.45, 7) is 1.45. The van der Waals surface area contributed by atoms with Crippen molar-refractivity contribution in [2.24, 2.45) is 5.41 Å². The topological polar surface area (TPSA) is 122 Å².